The second kappa shape index (κ2) is 5.35. The van der Waals surface area contributed by atoms with Gasteiger partial charge in [-0.2, -0.15) is 0 Å². The van der Waals surface area contributed by atoms with Gasteiger partial charge in [0.25, 0.3) is 0 Å². The first-order chi connectivity index (χ1) is 12.0. The van der Waals surface area contributed by atoms with E-state index in [4.69, 9.17) is 0 Å². The summed E-state index contributed by atoms with van der Waals surface area (Å²) in [7, 11) is 0. The van der Waals surface area contributed by atoms with Crippen LogP contribution >= 0.6 is 0 Å². The Morgan fingerprint density at radius 2 is 1.81 bits per heavy atom. The smallest absolute Gasteiger partial charge is 0.162 e. The number of hydrogen-bond donors (Lipinski definition) is 2. The van der Waals surface area contributed by atoms with Crippen molar-refractivity contribution in [1.29, 1.82) is 0 Å². The monoisotopic (exact) mass is 360 g/mol. The van der Waals surface area contributed by atoms with E-state index in [1.54, 1.807) is 6.92 Å². The second-order valence-electron chi connectivity index (χ2n) is 9.52. The number of hydrogen-bond acceptors (Lipinski definition) is 5. The van der Waals surface area contributed by atoms with Gasteiger partial charge in [-0.15, -0.1) is 0 Å². The van der Waals surface area contributed by atoms with Crippen LogP contribution in [-0.4, -0.2) is 39.3 Å². The van der Waals surface area contributed by atoms with Gasteiger partial charge in [-0.05, 0) is 43.9 Å². The molecule has 0 heterocycles. The molecule has 5 heteroatoms. The van der Waals surface area contributed by atoms with E-state index in [1.807, 2.05) is 0 Å². The fraction of sp³-hybridized carbons (Fsp3) is 0.762. The van der Waals surface area contributed by atoms with Crippen LogP contribution in [0.15, 0.2) is 11.6 Å². The molecule has 4 rings (SSSR count). The third-order valence-electron chi connectivity index (χ3n) is 8.24. The summed E-state index contributed by atoms with van der Waals surface area (Å²) in [6.07, 6.45) is 4.26. The van der Waals surface area contributed by atoms with Crippen molar-refractivity contribution < 1.29 is 24.6 Å². The Morgan fingerprint density at radius 1 is 1.15 bits per heavy atom. The number of Topliss-reactive ketones (excluding diaryl/α,β-unsaturated/α-hetero) is 3. The van der Waals surface area contributed by atoms with Crippen LogP contribution in [0.5, 0.6) is 0 Å². The van der Waals surface area contributed by atoms with E-state index < -0.39 is 22.7 Å². The number of fused-ring (bicyclic) bond motifs is 5. The molecule has 26 heavy (non-hydrogen) atoms. The fourth-order valence-electron chi connectivity index (χ4n) is 6.84. The standard InChI is InChI=1S/C21H28O5/c1-11(22)21(26)10-16(25)18-14-5-4-12-8-13(23)6-7-19(12,2)17(14)15(24)9-20(18,21)3/h4,13-14,17-18,23,26H,5-10H2,1-3H3. The van der Waals surface area contributed by atoms with Crippen molar-refractivity contribution in [2.24, 2.45) is 28.6 Å². The number of carbonyl (C=O) groups excluding carboxylic acids is 3. The lowest BCUT2D eigenvalue weighted by Gasteiger charge is -2.56. The summed E-state index contributed by atoms with van der Waals surface area (Å²) in [4.78, 5) is 38.5. The lowest BCUT2D eigenvalue weighted by Crippen LogP contribution is -2.60. The first-order valence-electron chi connectivity index (χ1n) is 9.71. The summed E-state index contributed by atoms with van der Waals surface area (Å²) >= 11 is 0. The van der Waals surface area contributed by atoms with E-state index in [9.17, 15) is 24.6 Å². The van der Waals surface area contributed by atoms with Crippen LogP contribution < -0.4 is 0 Å². The molecule has 0 aliphatic heterocycles. The number of rotatable bonds is 1. The SMILES string of the molecule is CC(=O)C1(O)CC(=O)C2C3CC=C4CC(O)CCC4(C)C3C(=O)CC21C. The van der Waals surface area contributed by atoms with E-state index in [-0.39, 0.29) is 47.8 Å². The lowest BCUT2D eigenvalue weighted by molar-refractivity contribution is -0.166. The second-order valence-corrected chi connectivity index (χ2v) is 9.52. The van der Waals surface area contributed by atoms with Gasteiger partial charge in [0.2, 0.25) is 0 Å². The topological polar surface area (TPSA) is 91.7 Å². The zero-order chi connectivity index (χ0) is 19.1. The van der Waals surface area contributed by atoms with E-state index >= 15 is 0 Å². The van der Waals surface area contributed by atoms with Gasteiger partial charge in [0.15, 0.2) is 5.78 Å². The van der Waals surface area contributed by atoms with Crippen LogP contribution in [0, 0.1) is 28.6 Å². The van der Waals surface area contributed by atoms with Gasteiger partial charge in [-0.3, -0.25) is 14.4 Å². The van der Waals surface area contributed by atoms with Crippen molar-refractivity contribution in [2.75, 3.05) is 0 Å². The molecule has 0 radical (unpaired) electrons. The van der Waals surface area contributed by atoms with Gasteiger partial charge in [-0.25, -0.2) is 0 Å². The molecule has 0 spiro atoms. The van der Waals surface area contributed by atoms with Gasteiger partial charge in [0.1, 0.15) is 17.2 Å². The van der Waals surface area contributed by atoms with E-state index in [1.165, 1.54) is 6.92 Å². The predicted molar refractivity (Wildman–Crippen MR) is 94.1 cm³/mol. The largest absolute Gasteiger partial charge is 0.393 e. The molecule has 3 fully saturated rings. The van der Waals surface area contributed by atoms with Crippen LogP contribution in [0.2, 0.25) is 0 Å². The Balaban J connectivity index is 1.81. The van der Waals surface area contributed by atoms with Crippen molar-refractivity contribution in [3.63, 3.8) is 0 Å². The number of aliphatic hydroxyl groups is 2. The maximum Gasteiger partial charge on any atom is 0.162 e. The minimum absolute atomic E-state index is 0.0626. The highest BCUT2D eigenvalue weighted by molar-refractivity contribution is 6.01. The Morgan fingerprint density at radius 3 is 2.46 bits per heavy atom. The molecular weight excluding hydrogens is 332 g/mol. The molecule has 0 bridgehead atoms. The number of aliphatic hydroxyl groups excluding tert-OH is 1. The molecule has 3 saturated carbocycles. The molecule has 7 unspecified atom stereocenters. The average Bonchev–Trinajstić information content (AvgIpc) is 2.74. The summed E-state index contributed by atoms with van der Waals surface area (Å²) in [6, 6.07) is 0. The van der Waals surface area contributed by atoms with Crippen molar-refractivity contribution >= 4 is 17.3 Å². The van der Waals surface area contributed by atoms with Gasteiger partial charge >= 0.3 is 0 Å². The molecule has 0 aromatic heterocycles. The molecule has 5 nitrogen and oxygen atoms in total. The molecule has 4 aliphatic carbocycles. The Kier molecular flexibility index (Phi) is 3.72. The van der Waals surface area contributed by atoms with E-state index in [0.717, 1.165) is 12.0 Å². The molecule has 0 saturated heterocycles. The van der Waals surface area contributed by atoms with E-state index in [2.05, 4.69) is 13.0 Å². The van der Waals surface area contributed by atoms with Crippen molar-refractivity contribution in [3.05, 3.63) is 11.6 Å². The molecule has 0 aromatic rings. The van der Waals surface area contributed by atoms with Crippen LogP contribution in [0.3, 0.4) is 0 Å². The van der Waals surface area contributed by atoms with Crippen LogP contribution in [0.1, 0.15) is 59.3 Å². The third-order valence-corrected chi connectivity index (χ3v) is 8.24. The summed E-state index contributed by atoms with van der Waals surface area (Å²) in [5, 5.41) is 21.1. The van der Waals surface area contributed by atoms with Gasteiger partial charge in [0.05, 0.1) is 6.10 Å². The first kappa shape index (κ1) is 18.1. The summed E-state index contributed by atoms with van der Waals surface area (Å²) < 4.78 is 0. The molecule has 142 valence electrons. The van der Waals surface area contributed by atoms with Crippen molar-refractivity contribution in [3.8, 4) is 0 Å². The Bertz CT molecular complexity index is 739. The fourth-order valence-corrected chi connectivity index (χ4v) is 6.84. The highest BCUT2D eigenvalue weighted by Crippen LogP contribution is 2.65. The minimum Gasteiger partial charge on any atom is -0.393 e. The Labute approximate surface area is 153 Å². The zero-order valence-electron chi connectivity index (χ0n) is 15.7. The molecule has 4 aliphatic rings. The Hall–Kier alpha value is -1.33. The number of carbonyl (C=O) groups is 3. The minimum atomic E-state index is -1.73. The summed E-state index contributed by atoms with van der Waals surface area (Å²) in [6.45, 7) is 5.17. The molecule has 0 amide bonds. The van der Waals surface area contributed by atoms with Gasteiger partial charge < -0.3 is 10.2 Å². The summed E-state index contributed by atoms with van der Waals surface area (Å²) in [5.74, 6) is -1.31. The number of allylic oxidation sites excluding steroid dienone is 1. The van der Waals surface area contributed by atoms with Crippen LogP contribution in [0.4, 0.5) is 0 Å². The van der Waals surface area contributed by atoms with Gasteiger partial charge in [-0.1, -0.05) is 25.5 Å². The first-order valence-corrected chi connectivity index (χ1v) is 9.71. The summed E-state index contributed by atoms with van der Waals surface area (Å²) in [5.41, 5.74) is -1.92. The quantitative estimate of drug-likeness (QED) is 0.698. The third kappa shape index (κ3) is 2.02. The maximum atomic E-state index is 13.3. The maximum absolute atomic E-state index is 13.3. The van der Waals surface area contributed by atoms with E-state index in [0.29, 0.717) is 19.3 Å². The molecule has 7 atom stereocenters. The molecule has 2 N–H and O–H groups in total. The normalized spacial score (nSPS) is 50.6. The predicted octanol–water partition coefficient (Wildman–Crippen LogP) is 1.99. The van der Waals surface area contributed by atoms with Gasteiger partial charge in [0, 0.05) is 30.1 Å². The lowest BCUT2D eigenvalue weighted by atomic mass is 9.46. The van der Waals surface area contributed by atoms with Crippen LogP contribution in [0.25, 0.3) is 0 Å². The molecule has 0 aromatic carbocycles. The van der Waals surface area contributed by atoms with Crippen LogP contribution in [-0.2, 0) is 14.4 Å². The highest BCUT2D eigenvalue weighted by atomic mass is 16.3. The van der Waals surface area contributed by atoms with Crippen molar-refractivity contribution in [2.45, 2.75) is 71.0 Å². The zero-order valence-corrected chi connectivity index (χ0v) is 15.7. The highest BCUT2D eigenvalue weighted by Gasteiger charge is 2.70. The molecular formula is C21H28O5. The number of ketones is 3. The average molecular weight is 360 g/mol. The van der Waals surface area contributed by atoms with Crippen molar-refractivity contribution in [1.82, 2.24) is 0 Å².